The molecule has 0 aromatic heterocycles. The number of aliphatic hydroxyl groups is 2. The Bertz CT molecular complexity index is 1160. The number of aromatic hydroxyl groups is 1. The van der Waals surface area contributed by atoms with E-state index in [9.17, 15) is 15.3 Å². The Morgan fingerprint density at radius 3 is 2.22 bits per heavy atom. The molecule has 0 amide bonds. The first-order valence-electron chi connectivity index (χ1n) is 12.9. The SMILES string of the molecule is OCCC/C(=C(\c1ccc(O)cc1)c1ccc(OCCN2C[C@H]3C[C@H]3[C@H]2CO)cc1)c1ccccc1. The van der Waals surface area contributed by atoms with Gasteiger partial charge in [0.1, 0.15) is 18.1 Å². The lowest BCUT2D eigenvalue weighted by atomic mass is 9.87. The zero-order valence-electron chi connectivity index (χ0n) is 20.6. The average molecular weight is 486 g/mol. The number of aliphatic hydroxyl groups excluding tert-OH is 2. The van der Waals surface area contributed by atoms with Crippen molar-refractivity contribution in [2.24, 2.45) is 11.8 Å². The van der Waals surface area contributed by atoms with Gasteiger partial charge in [-0.3, -0.25) is 4.90 Å². The minimum atomic E-state index is 0.127. The number of phenols is 1. The van der Waals surface area contributed by atoms with Crippen LogP contribution in [0.4, 0.5) is 0 Å². The highest BCUT2D eigenvalue weighted by Gasteiger charge is 2.51. The Hall–Kier alpha value is -3.12. The third-order valence-electron chi connectivity index (χ3n) is 7.55. The van der Waals surface area contributed by atoms with Crippen molar-refractivity contribution in [3.05, 3.63) is 95.6 Å². The quantitative estimate of drug-likeness (QED) is 0.340. The van der Waals surface area contributed by atoms with E-state index in [1.807, 2.05) is 42.5 Å². The first kappa shape index (κ1) is 24.6. The zero-order valence-corrected chi connectivity index (χ0v) is 20.6. The van der Waals surface area contributed by atoms with Crippen molar-refractivity contribution in [3.8, 4) is 11.5 Å². The molecule has 188 valence electrons. The summed E-state index contributed by atoms with van der Waals surface area (Å²) < 4.78 is 6.07. The molecule has 0 spiro atoms. The molecule has 1 saturated carbocycles. The van der Waals surface area contributed by atoms with Crippen LogP contribution >= 0.6 is 0 Å². The van der Waals surface area contributed by atoms with Crippen molar-refractivity contribution in [1.82, 2.24) is 4.90 Å². The fourth-order valence-electron chi connectivity index (χ4n) is 5.62. The van der Waals surface area contributed by atoms with Crippen molar-refractivity contribution in [1.29, 1.82) is 0 Å². The van der Waals surface area contributed by atoms with Crippen molar-refractivity contribution in [2.75, 3.05) is 32.9 Å². The second-order valence-corrected chi connectivity index (χ2v) is 9.87. The van der Waals surface area contributed by atoms with Gasteiger partial charge in [-0.2, -0.15) is 0 Å². The number of phenolic OH excluding ortho intramolecular Hbond substituents is 1. The fraction of sp³-hybridized carbons (Fsp3) is 0.355. The molecule has 0 bridgehead atoms. The van der Waals surface area contributed by atoms with Crippen LogP contribution in [0.1, 0.15) is 36.0 Å². The Balaban J connectivity index is 1.38. The number of nitrogens with zero attached hydrogens (tertiary/aromatic N) is 1. The third-order valence-corrected chi connectivity index (χ3v) is 7.55. The van der Waals surface area contributed by atoms with Gasteiger partial charge in [0.25, 0.3) is 0 Å². The summed E-state index contributed by atoms with van der Waals surface area (Å²) >= 11 is 0. The predicted molar refractivity (Wildman–Crippen MR) is 143 cm³/mol. The molecule has 3 aromatic rings. The Morgan fingerprint density at radius 1 is 0.861 bits per heavy atom. The number of rotatable bonds is 11. The Labute approximate surface area is 213 Å². The summed E-state index contributed by atoms with van der Waals surface area (Å²) in [5.41, 5.74) is 5.44. The first-order valence-corrected chi connectivity index (χ1v) is 12.9. The number of hydrogen-bond acceptors (Lipinski definition) is 5. The highest BCUT2D eigenvalue weighted by Crippen LogP contribution is 2.49. The van der Waals surface area contributed by atoms with Crippen LogP contribution in [-0.2, 0) is 0 Å². The number of benzene rings is 3. The molecule has 1 aliphatic carbocycles. The Kier molecular flexibility index (Phi) is 7.71. The molecule has 3 atom stereocenters. The molecule has 5 nitrogen and oxygen atoms in total. The lowest BCUT2D eigenvalue weighted by molar-refractivity contribution is 0.120. The molecular weight excluding hydrogens is 450 g/mol. The third kappa shape index (κ3) is 5.49. The summed E-state index contributed by atoms with van der Waals surface area (Å²) in [4.78, 5) is 2.37. The second-order valence-electron chi connectivity index (χ2n) is 9.87. The van der Waals surface area contributed by atoms with Gasteiger partial charge < -0.3 is 20.1 Å². The maximum absolute atomic E-state index is 9.87. The van der Waals surface area contributed by atoms with Crippen LogP contribution in [-0.4, -0.2) is 59.2 Å². The van der Waals surface area contributed by atoms with E-state index >= 15 is 0 Å². The van der Waals surface area contributed by atoms with Crippen molar-refractivity contribution in [3.63, 3.8) is 0 Å². The van der Waals surface area contributed by atoms with Gasteiger partial charge in [-0.15, -0.1) is 0 Å². The molecule has 2 aliphatic rings. The average Bonchev–Trinajstić information content (AvgIpc) is 3.59. The highest BCUT2D eigenvalue weighted by atomic mass is 16.5. The van der Waals surface area contributed by atoms with Gasteiger partial charge in [0.05, 0.1) is 6.61 Å². The van der Waals surface area contributed by atoms with Crippen LogP contribution < -0.4 is 4.74 Å². The van der Waals surface area contributed by atoms with Gasteiger partial charge in [0.15, 0.2) is 0 Å². The molecule has 5 rings (SSSR count). The summed E-state index contributed by atoms with van der Waals surface area (Å²) in [7, 11) is 0. The normalized spacial score (nSPS) is 21.7. The van der Waals surface area contributed by atoms with E-state index in [2.05, 4.69) is 29.2 Å². The summed E-state index contributed by atoms with van der Waals surface area (Å²) in [6, 6.07) is 26.1. The summed E-state index contributed by atoms with van der Waals surface area (Å²) in [6.07, 6.45) is 2.67. The van der Waals surface area contributed by atoms with Crippen molar-refractivity contribution in [2.45, 2.75) is 25.3 Å². The fourth-order valence-corrected chi connectivity index (χ4v) is 5.62. The van der Waals surface area contributed by atoms with Crippen LogP contribution in [0.5, 0.6) is 11.5 Å². The van der Waals surface area contributed by atoms with E-state index in [1.165, 1.54) is 6.42 Å². The minimum absolute atomic E-state index is 0.127. The summed E-state index contributed by atoms with van der Waals surface area (Å²) in [5.74, 6) is 2.52. The number of piperidine rings is 1. The van der Waals surface area contributed by atoms with Crippen molar-refractivity contribution >= 4 is 11.1 Å². The smallest absolute Gasteiger partial charge is 0.119 e. The van der Waals surface area contributed by atoms with Crippen LogP contribution in [0.15, 0.2) is 78.9 Å². The van der Waals surface area contributed by atoms with Gasteiger partial charge in [-0.25, -0.2) is 0 Å². The van der Waals surface area contributed by atoms with E-state index in [0.717, 1.165) is 59.0 Å². The van der Waals surface area contributed by atoms with E-state index in [0.29, 0.717) is 25.0 Å². The van der Waals surface area contributed by atoms with Crippen LogP contribution in [0.3, 0.4) is 0 Å². The van der Waals surface area contributed by atoms with E-state index in [-0.39, 0.29) is 19.0 Å². The topological polar surface area (TPSA) is 73.2 Å². The summed E-state index contributed by atoms with van der Waals surface area (Å²) in [5, 5.41) is 29.2. The number of ether oxygens (including phenoxy) is 1. The van der Waals surface area contributed by atoms with E-state index in [1.54, 1.807) is 12.1 Å². The maximum atomic E-state index is 9.87. The Morgan fingerprint density at radius 2 is 1.56 bits per heavy atom. The number of hydrogen-bond donors (Lipinski definition) is 3. The molecule has 1 heterocycles. The molecule has 3 N–H and O–H groups in total. The maximum Gasteiger partial charge on any atom is 0.119 e. The predicted octanol–water partition coefficient (Wildman–Crippen LogP) is 4.82. The molecule has 0 unspecified atom stereocenters. The number of likely N-dealkylation sites (tertiary alicyclic amines) is 1. The molecule has 2 fully saturated rings. The first-order chi connectivity index (χ1) is 17.7. The van der Waals surface area contributed by atoms with Crippen LogP contribution in [0.25, 0.3) is 11.1 Å². The number of fused-ring (bicyclic) bond motifs is 1. The van der Waals surface area contributed by atoms with Crippen LogP contribution in [0.2, 0.25) is 0 Å². The molecule has 1 aliphatic heterocycles. The molecular formula is C31H35NO4. The van der Waals surface area contributed by atoms with Crippen LogP contribution in [0, 0.1) is 11.8 Å². The minimum Gasteiger partial charge on any atom is -0.508 e. The lowest BCUT2D eigenvalue weighted by Gasteiger charge is -2.25. The monoisotopic (exact) mass is 485 g/mol. The lowest BCUT2D eigenvalue weighted by Crippen LogP contribution is -2.38. The molecule has 1 saturated heterocycles. The van der Waals surface area contributed by atoms with E-state index < -0.39 is 0 Å². The number of allylic oxidation sites excluding steroid dienone is 1. The highest BCUT2D eigenvalue weighted by molar-refractivity contribution is 5.98. The molecule has 0 radical (unpaired) electrons. The molecule has 36 heavy (non-hydrogen) atoms. The molecule has 3 aromatic carbocycles. The van der Waals surface area contributed by atoms with Gasteiger partial charge in [0, 0.05) is 25.7 Å². The van der Waals surface area contributed by atoms with Gasteiger partial charge in [0.2, 0.25) is 0 Å². The van der Waals surface area contributed by atoms with Gasteiger partial charge in [-0.1, -0.05) is 54.6 Å². The van der Waals surface area contributed by atoms with Gasteiger partial charge in [-0.05, 0) is 83.2 Å². The van der Waals surface area contributed by atoms with Crippen molar-refractivity contribution < 1.29 is 20.1 Å². The second kappa shape index (κ2) is 11.3. The largest absolute Gasteiger partial charge is 0.508 e. The van der Waals surface area contributed by atoms with Gasteiger partial charge >= 0.3 is 0 Å². The van der Waals surface area contributed by atoms with E-state index in [4.69, 9.17) is 4.74 Å². The summed E-state index contributed by atoms with van der Waals surface area (Å²) in [6.45, 7) is 2.87. The molecule has 5 heteroatoms. The zero-order chi connectivity index (χ0) is 24.9. The standard InChI is InChI=1S/C31H35NO4/c33-17-4-7-28(22-5-2-1-3-6-22)31(23-8-12-26(35)13-9-23)24-10-14-27(15-11-24)36-18-16-32-20-25-19-29(25)30(32)21-34/h1-3,5-6,8-15,25,29-30,33-35H,4,7,16-21H2/b31-28-/t25-,29-,30-/m1/s1.